The minimum atomic E-state index is -0.175. The van der Waals surface area contributed by atoms with Gasteiger partial charge in [0, 0.05) is 34.8 Å². The summed E-state index contributed by atoms with van der Waals surface area (Å²) in [6, 6.07) is 10.2. The Labute approximate surface area is 154 Å². The molecule has 3 aromatic rings. The van der Waals surface area contributed by atoms with Crippen molar-refractivity contribution in [3.05, 3.63) is 46.6 Å². The van der Waals surface area contributed by atoms with Crippen molar-refractivity contribution in [3.8, 4) is 0 Å². The third-order valence-corrected chi connectivity index (χ3v) is 6.23. The summed E-state index contributed by atoms with van der Waals surface area (Å²) >= 11 is 1.63. The predicted octanol–water partition coefficient (Wildman–Crippen LogP) is 2.76. The fraction of sp³-hybridized carbons (Fsp3) is 0.368. The Bertz CT molecular complexity index is 940. The number of benzene rings is 1. The van der Waals surface area contributed by atoms with E-state index in [0.29, 0.717) is 24.8 Å². The minimum Gasteiger partial charge on any atom is -0.393 e. The molecule has 6 nitrogen and oxygen atoms in total. The van der Waals surface area contributed by atoms with Gasteiger partial charge in [-0.05, 0) is 25.0 Å². The van der Waals surface area contributed by atoms with Crippen molar-refractivity contribution >= 4 is 33.3 Å². The van der Waals surface area contributed by atoms with Crippen molar-refractivity contribution in [2.75, 3.05) is 11.9 Å². The Kier molecular flexibility index (Phi) is 3.72. The van der Waals surface area contributed by atoms with Gasteiger partial charge in [0.05, 0.1) is 18.3 Å². The number of aliphatic hydroxyl groups is 1. The largest absolute Gasteiger partial charge is 0.393 e. The van der Waals surface area contributed by atoms with Gasteiger partial charge in [-0.3, -0.25) is 4.79 Å². The zero-order chi connectivity index (χ0) is 17.7. The average molecular weight is 368 g/mol. The Balaban J connectivity index is 1.31. The maximum absolute atomic E-state index is 12.9. The number of amides is 1. The molecule has 0 bridgehead atoms. The van der Waals surface area contributed by atoms with Crippen LogP contribution in [-0.2, 0) is 13.0 Å². The first-order valence-corrected chi connectivity index (χ1v) is 9.77. The lowest BCUT2D eigenvalue weighted by Crippen LogP contribution is -2.38. The van der Waals surface area contributed by atoms with Crippen LogP contribution in [0.3, 0.4) is 0 Å². The standard InChI is InChI=1S/C19H20N4O2S/c24-13-8-12(9-13)20-19-22-15-5-6-23(10-17(15)26-19)18(25)16-7-11-3-1-2-4-14(11)21-16/h1-4,7,12-13,21,24H,5-6,8-10H2,(H,20,22)/t12-,13-. The monoisotopic (exact) mass is 368 g/mol. The van der Waals surface area contributed by atoms with Gasteiger partial charge >= 0.3 is 0 Å². The number of para-hydroxylation sites is 1. The second-order valence-corrected chi connectivity index (χ2v) is 8.19. The smallest absolute Gasteiger partial charge is 0.270 e. The predicted molar refractivity (Wildman–Crippen MR) is 102 cm³/mol. The molecule has 0 saturated heterocycles. The van der Waals surface area contributed by atoms with Gasteiger partial charge < -0.3 is 20.3 Å². The molecule has 1 aromatic carbocycles. The summed E-state index contributed by atoms with van der Waals surface area (Å²) in [6.07, 6.45) is 2.18. The summed E-state index contributed by atoms with van der Waals surface area (Å²) in [5, 5.41) is 14.8. The quantitative estimate of drug-likeness (QED) is 0.664. The zero-order valence-corrected chi connectivity index (χ0v) is 15.1. The number of nitrogens with zero attached hydrogens (tertiary/aromatic N) is 2. The third kappa shape index (κ3) is 2.77. The second-order valence-electron chi connectivity index (χ2n) is 7.10. The van der Waals surface area contributed by atoms with E-state index in [9.17, 15) is 9.90 Å². The van der Waals surface area contributed by atoms with E-state index in [2.05, 4.69) is 15.3 Å². The highest BCUT2D eigenvalue weighted by Gasteiger charge is 2.30. The minimum absolute atomic E-state index is 0.0388. The fourth-order valence-electron chi connectivity index (χ4n) is 3.67. The zero-order valence-electron chi connectivity index (χ0n) is 14.2. The molecule has 2 aromatic heterocycles. The van der Waals surface area contributed by atoms with Crippen molar-refractivity contribution in [3.63, 3.8) is 0 Å². The van der Waals surface area contributed by atoms with Crippen molar-refractivity contribution < 1.29 is 9.90 Å². The number of aromatic amines is 1. The summed E-state index contributed by atoms with van der Waals surface area (Å²) in [6.45, 7) is 1.29. The first-order valence-electron chi connectivity index (χ1n) is 8.96. The molecule has 3 heterocycles. The normalized spacial score (nSPS) is 22.1. The van der Waals surface area contributed by atoms with Crippen LogP contribution < -0.4 is 5.32 Å². The molecule has 0 radical (unpaired) electrons. The van der Waals surface area contributed by atoms with Gasteiger partial charge in [-0.1, -0.05) is 29.5 Å². The van der Waals surface area contributed by atoms with Gasteiger partial charge in [0.15, 0.2) is 5.13 Å². The molecule has 134 valence electrons. The maximum atomic E-state index is 12.9. The van der Waals surface area contributed by atoms with Gasteiger partial charge in [-0.2, -0.15) is 0 Å². The molecule has 1 saturated carbocycles. The highest BCUT2D eigenvalue weighted by atomic mass is 32.1. The summed E-state index contributed by atoms with van der Waals surface area (Å²) in [5.41, 5.74) is 2.72. The molecule has 5 rings (SSSR count). The van der Waals surface area contributed by atoms with Crippen LogP contribution in [-0.4, -0.2) is 44.6 Å². The molecule has 1 fully saturated rings. The lowest BCUT2D eigenvalue weighted by Gasteiger charge is -2.31. The van der Waals surface area contributed by atoms with Crippen molar-refractivity contribution in [2.24, 2.45) is 0 Å². The van der Waals surface area contributed by atoms with Crippen LogP contribution >= 0.6 is 11.3 Å². The van der Waals surface area contributed by atoms with E-state index >= 15 is 0 Å². The van der Waals surface area contributed by atoms with Gasteiger partial charge in [0.25, 0.3) is 5.91 Å². The summed E-state index contributed by atoms with van der Waals surface area (Å²) < 4.78 is 0. The number of fused-ring (bicyclic) bond motifs is 2. The Morgan fingerprint density at radius 2 is 2.19 bits per heavy atom. The molecule has 26 heavy (non-hydrogen) atoms. The maximum Gasteiger partial charge on any atom is 0.270 e. The Morgan fingerprint density at radius 1 is 1.35 bits per heavy atom. The Hall–Kier alpha value is -2.38. The number of hydrogen-bond donors (Lipinski definition) is 3. The van der Waals surface area contributed by atoms with Crippen LogP contribution in [0, 0.1) is 0 Å². The molecule has 0 atom stereocenters. The number of aliphatic hydroxyl groups excluding tert-OH is 1. The molecule has 1 aliphatic carbocycles. The highest BCUT2D eigenvalue weighted by molar-refractivity contribution is 7.15. The first-order chi connectivity index (χ1) is 12.7. The van der Waals surface area contributed by atoms with E-state index in [1.807, 2.05) is 35.2 Å². The summed E-state index contributed by atoms with van der Waals surface area (Å²) in [5.74, 6) is 0.0388. The van der Waals surface area contributed by atoms with Gasteiger partial charge in [-0.15, -0.1) is 0 Å². The SMILES string of the molecule is O=C(c1cc2ccccc2[nH]1)N1CCc2nc(N[C@H]3C[C@H](O)C3)sc2C1. The van der Waals surface area contributed by atoms with Crippen LogP contribution in [0.2, 0.25) is 0 Å². The fourth-order valence-corrected chi connectivity index (χ4v) is 4.77. The van der Waals surface area contributed by atoms with Crippen LogP contribution in [0.15, 0.2) is 30.3 Å². The average Bonchev–Trinajstić information content (AvgIpc) is 3.22. The van der Waals surface area contributed by atoms with E-state index in [0.717, 1.165) is 45.9 Å². The molecule has 7 heteroatoms. The third-order valence-electron chi connectivity index (χ3n) is 5.22. The number of aromatic nitrogens is 2. The number of rotatable bonds is 3. The van der Waals surface area contributed by atoms with Gasteiger partial charge in [0.1, 0.15) is 5.69 Å². The number of H-pyrrole nitrogens is 1. The molecule has 1 aliphatic heterocycles. The molecule has 0 spiro atoms. The number of hydrogen-bond acceptors (Lipinski definition) is 5. The molecule has 0 unspecified atom stereocenters. The second kappa shape index (κ2) is 6.10. The van der Waals surface area contributed by atoms with E-state index in [-0.39, 0.29) is 12.0 Å². The first kappa shape index (κ1) is 15.8. The number of thiazole rings is 1. The van der Waals surface area contributed by atoms with Gasteiger partial charge in [0.2, 0.25) is 0 Å². The van der Waals surface area contributed by atoms with E-state index < -0.39 is 0 Å². The molecular formula is C19H20N4O2S. The molecule has 3 N–H and O–H groups in total. The van der Waals surface area contributed by atoms with E-state index in [1.54, 1.807) is 11.3 Å². The van der Waals surface area contributed by atoms with Crippen molar-refractivity contribution in [2.45, 2.75) is 38.0 Å². The molecule has 1 amide bonds. The van der Waals surface area contributed by atoms with E-state index in [1.165, 1.54) is 0 Å². The molecule has 2 aliphatic rings. The topological polar surface area (TPSA) is 81.2 Å². The Morgan fingerprint density at radius 3 is 3.00 bits per heavy atom. The van der Waals surface area contributed by atoms with Crippen molar-refractivity contribution in [1.82, 2.24) is 14.9 Å². The van der Waals surface area contributed by atoms with Crippen LogP contribution in [0.25, 0.3) is 10.9 Å². The summed E-state index contributed by atoms with van der Waals surface area (Å²) in [4.78, 5) is 23.8. The molecular weight excluding hydrogens is 348 g/mol. The van der Waals surface area contributed by atoms with E-state index in [4.69, 9.17) is 0 Å². The van der Waals surface area contributed by atoms with Crippen LogP contribution in [0.1, 0.15) is 33.9 Å². The lowest BCUT2D eigenvalue weighted by molar-refractivity contribution is 0.0731. The highest BCUT2D eigenvalue weighted by Crippen LogP contribution is 2.32. The number of anilines is 1. The van der Waals surface area contributed by atoms with Crippen molar-refractivity contribution in [1.29, 1.82) is 0 Å². The summed E-state index contributed by atoms with van der Waals surface area (Å²) in [7, 11) is 0. The van der Waals surface area contributed by atoms with Crippen LogP contribution in [0.5, 0.6) is 0 Å². The number of nitrogens with one attached hydrogen (secondary N) is 2. The lowest BCUT2D eigenvalue weighted by atomic mass is 9.90. The number of carbonyl (C=O) groups is 1. The van der Waals surface area contributed by atoms with Crippen LogP contribution in [0.4, 0.5) is 5.13 Å². The number of carbonyl (C=O) groups excluding carboxylic acids is 1. The van der Waals surface area contributed by atoms with Gasteiger partial charge in [-0.25, -0.2) is 4.98 Å².